The number of halogens is 3. The van der Waals surface area contributed by atoms with Crippen LogP contribution in [0.25, 0.3) is 0 Å². The quantitative estimate of drug-likeness (QED) is 0.688. The fourth-order valence-electron chi connectivity index (χ4n) is 2.41. The fraction of sp³-hybridized carbons (Fsp3) is 0.222. The zero-order chi connectivity index (χ0) is 19.9. The Balaban J connectivity index is 2.06. The summed E-state index contributed by atoms with van der Waals surface area (Å²) in [6.07, 6.45) is -4.67. The van der Waals surface area contributed by atoms with Crippen LogP contribution in [0.1, 0.15) is 11.1 Å². The molecule has 0 bridgehead atoms. The molecule has 0 saturated carbocycles. The van der Waals surface area contributed by atoms with E-state index in [2.05, 4.69) is 15.4 Å². The van der Waals surface area contributed by atoms with E-state index in [1.54, 1.807) is 30.3 Å². The number of urea groups is 1. The molecular formula is C18H18F3N3O3. The number of carbonyl (C=O) groups excluding carboxylic acids is 2. The number of nitrogens with one attached hydrogen (secondary N) is 2. The van der Waals surface area contributed by atoms with Gasteiger partial charge in [-0.1, -0.05) is 48.5 Å². The van der Waals surface area contributed by atoms with Crippen molar-refractivity contribution < 1.29 is 27.5 Å². The van der Waals surface area contributed by atoms with Crippen molar-refractivity contribution in [2.75, 3.05) is 0 Å². The molecule has 0 heterocycles. The zero-order valence-corrected chi connectivity index (χ0v) is 14.1. The molecule has 27 heavy (non-hydrogen) atoms. The van der Waals surface area contributed by atoms with E-state index in [1.165, 1.54) is 18.2 Å². The summed E-state index contributed by atoms with van der Waals surface area (Å²) in [4.78, 5) is 23.6. The molecule has 0 spiro atoms. The lowest BCUT2D eigenvalue weighted by Crippen LogP contribution is -2.49. The topological polar surface area (TPSA) is 93.5 Å². The number of primary amides is 1. The standard InChI is InChI=1S/C18H18F3N3O3/c19-18(20,21)27-15-9-5-4-8-13(15)11-23-16(25)14(24-17(22)26)10-12-6-2-1-3-7-12/h1-9,14H,10-11H2,(H,23,25)(H3,22,24,26). The second kappa shape index (κ2) is 8.93. The minimum Gasteiger partial charge on any atom is -0.405 e. The predicted molar refractivity (Wildman–Crippen MR) is 91.6 cm³/mol. The summed E-state index contributed by atoms with van der Waals surface area (Å²) in [7, 11) is 0. The Labute approximate surface area is 153 Å². The minimum atomic E-state index is -4.84. The van der Waals surface area contributed by atoms with E-state index in [-0.39, 0.29) is 18.5 Å². The van der Waals surface area contributed by atoms with Crippen molar-refractivity contribution in [1.29, 1.82) is 0 Å². The Bertz CT molecular complexity index is 782. The molecule has 0 aliphatic heterocycles. The second-order valence-corrected chi connectivity index (χ2v) is 5.62. The van der Waals surface area contributed by atoms with E-state index in [9.17, 15) is 22.8 Å². The maximum atomic E-state index is 12.5. The van der Waals surface area contributed by atoms with Gasteiger partial charge >= 0.3 is 12.4 Å². The van der Waals surface area contributed by atoms with Crippen LogP contribution in [-0.2, 0) is 17.8 Å². The highest BCUT2D eigenvalue weighted by Gasteiger charge is 2.32. The summed E-state index contributed by atoms with van der Waals surface area (Å²) >= 11 is 0. The van der Waals surface area contributed by atoms with Crippen molar-refractivity contribution >= 4 is 11.9 Å². The SMILES string of the molecule is NC(=O)NC(Cc1ccccc1)C(=O)NCc1ccccc1OC(F)(F)F. The molecule has 0 aliphatic carbocycles. The van der Waals surface area contributed by atoms with Crippen molar-refractivity contribution in [1.82, 2.24) is 10.6 Å². The monoisotopic (exact) mass is 381 g/mol. The number of alkyl halides is 3. The van der Waals surface area contributed by atoms with E-state index >= 15 is 0 Å². The third kappa shape index (κ3) is 6.89. The highest BCUT2D eigenvalue weighted by Crippen LogP contribution is 2.26. The number of hydrogen-bond acceptors (Lipinski definition) is 3. The van der Waals surface area contributed by atoms with Crippen molar-refractivity contribution in [3.05, 3.63) is 65.7 Å². The summed E-state index contributed by atoms with van der Waals surface area (Å²) in [6, 6.07) is 12.5. The van der Waals surface area contributed by atoms with Crippen LogP contribution in [0.3, 0.4) is 0 Å². The Morgan fingerprint density at radius 3 is 2.30 bits per heavy atom. The lowest BCUT2D eigenvalue weighted by molar-refractivity contribution is -0.274. The van der Waals surface area contributed by atoms with Gasteiger partial charge in [0.05, 0.1) is 0 Å². The summed E-state index contributed by atoms with van der Waals surface area (Å²) in [5.41, 5.74) is 6.03. The molecular weight excluding hydrogens is 363 g/mol. The fourth-order valence-corrected chi connectivity index (χ4v) is 2.41. The number of ether oxygens (including phenoxy) is 1. The first-order valence-corrected chi connectivity index (χ1v) is 7.96. The van der Waals surface area contributed by atoms with Gasteiger partial charge in [0, 0.05) is 18.5 Å². The molecule has 2 rings (SSSR count). The molecule has 4 N–H and O–H groups in total. The van der Waals surface area contributed by atoms with Crippen LogP contribution in [0.15, 0.2) is 54.6 Å². The van der Waals surface area contributed by atoms with Gasteiger partial charge in [0.1, 0.15) is 11.8 Å². The van der Waals surface area contributed by atoms with Crippen LogP contribution in [0.2, 0.25) is 0 Å². The van der Waals surface area contributed by atoms with Crippen molar-refractivity contribution in [2.24, 2.45) is 5.73 Å². The predicted octanol–water partition coefficient (Wildman–Crippen LogP) is 2.48. The van der Waals surface area contributed by atoms with Gasteiger partial charge in [-0.05, 0) is 11.6 Å². The van der Waals surface area contributed by atoms with Crippen LogP contribution in [-0.4, -0.2) is 24.3 Å². The van der Waals surface area contributed by atoms with E-state index in [0.29, 0.717) is 0 Å². The molecule has 2 aromatic rings. The lowest BCUT2D eigenvalue weighted by atomic mass is 10.1. The Morgan fingerprint density at radius 2 is 1.67 bits per heavy atom. The average molecular weight is 381 g/mol. The number of rotatable bonds is 7. The molecule has 144 valence electrons. The average Bonchev–Trinajstić information content (AvgIpc) is 2.59. The Hall–Kier alpha value is -3.23. The van der Waals surface area contributed by atoms with Crippen LogP contribution >= 0.6 is 0 Å². The first-order valence-electron chi connectivity index (χ1n) is 7.96. The summed E-state index contributed by atoms with van der Waals surface area (Å²) < 4.78 is 41.3. The number of hydrogen-bond donors (Lipinski definition) is 3. The highest BCUT2D eigenvalue weighted by atomic mass is 19.4. The maximum absolute atomic E-state index is 12.5. The van der Waals surface area contributed by atoms with Crippen molar-refractivity contribution in [2.45, 2.75) is 25.4 Å². The number of benzene rings is 2. The van der Waals surface area contributed by atoms with E-state index in [4.69, 9.17) is 5.73 Å². The smallest absolute Gasteiger partial charge is 0.405 e. The van der Waals surface area contributed by atoms with Crippen LogP contribution in [0.4, 0.5) is 18.0 Å². The van der Waals surface area contributed by atoms with Crippen LogP contribution in [0.5, 0.6) is 5.75 Å². The molecule has 0 fully saturated rings. The summed E-state index contributed by atoms with van der Waals surface area (Å²) in [5.74, 6) is -0.993. The number of para-hydroxylation sites is 1. The van der Waals surface area contributed by atoms with Gasteiger partial charge in [-0.3, -0.25) is 4.79 Å². The molecule has 6 nitrogen and oxygen atoms in total. The molecule has 0 aromatic heterocycles. The minimum absolute atomic E-state index is 0.140. The molecule has 3 amide bonds. The van der Waals surface area contributed by atoms with Gasteiger partial charge in [0.25, 0.3) is 0 Å². The largest absolute Gasteiger partial charge is 0.573 e. The Morgan fingerprint density at radius 1 is 1.04 bits per heavy atom. The van der Waals surface area contributed by atoms with Crippen LogP contribution < -0.4 is 21.1 Å². The number of nitrogens with two attached hydrogens (primary N) is 1. The van der Waals surface area contributed by atoms with E-state index in [0.717, 1.165) is 11.6 Å². The zero-order valence-electron chi connectivity index (χ0n) is 14.1. The third-order valence-corrected chi connectivity index (χ3v) is 3.57. The normalized spacial score (nSPS) is 12.1. The molecule has 1 atom stereocenters. The van der Waals surface area contributed by atoms with Crippen molar-refractivity contribution in [3.63, 3.8) is 0 Å². The lowest BCUT2D eigenvalue weighted by Gasteiger charge is -2.18. The van der Waals surface area contributed by atoms with Gasteiger partial charge in [0.15, 0.2) is 0 Å². The summed E-state index contributed by atoms with van der Waals surface area (Å²) in [6.45, 7) is -0.211. The van der Waals surface area contributed by atoms with Gasteiger partial charge in [-0.25, -0.2) is 4.79 Å². The maximum Gasteiger partial charge on any atom is 0.573 e. The molecule has 0 radical (unpaired) electrons. The van der Waals surface area contributed by atoms with Crippen LogP contribution in [0, 0.1) is 0 Å². The second-order valence-electron chi connectivity index (χ2n) is 5.62. The summed E-state index contributed by atoms with van der Waals surface area (Å²) in [5, 5.41) is 4.83. The van der Waals surface area contributed by atoms with Crippen molar-refractivity contribution in [3.8, 4) is 5.75 Å². The molecule has 2 aromatic carbocycles. The molecule has 0 saturated heterocycles. The van der Waals surface area contributed by atoms with Gasteiger partial charge in [0.2, 0.25) is 5.91 Å². The van der Waals surface area contributed by atoms with Gasteiger partial charge < -0.3 is 21.1 Å². The molecule has 1 unspecified atom stereocenters. The first-order chi connectivity index (χ1) is 12.7. The van der Waals surface area contributed by atoms with Gasteiger partial charge in [-0.2, -0.15) is 0 Å². The molecule has 0 aliphatic rings. The highest BCUT2D eigenvalue weighted by molar-refractivity contribution is 5.86. The number of carbonyl (C=O) groups is 2. The third-order valence-electron chi connectivity index (χ3n) is 3.57. The van der Waals surface area contributed by atoms with Gasteiger partial charge in [-0.15, -0.1) is 13.2 Å². The molecule has 9 heteroatoms. The Kier molecular flexibility index (Phi) is 6.64. The first kappa shape index (κ1) is 20.1. The van der Waals surface area contributed by atoms with E-state index < -0.39 is 30.1 Å². The number of amides is 3. The van der Waals surface area contributed by atoms with E-state index in [1.807, 2.05) is 0 Å².